The number of rotatable bonds is 4. The van der Waals surface area contributed by atoms with Crippen LogP contribution in [0.4, 0.5) is 11.4 Å². The number of amides is 2. The quantitative estimate of drug-likeness (QED) is 0.685. The number of anilines is 2. The SMILES string of the molecule is CC1(C)CN(C(=O)C2CC(=O)N(c3cccc(Cl)c3)C2)c2ccc(CN3CCOCC3)cc21. The Labute approximate surface area is 200 Å². The minimum Gasteiger partial charge on any atom is -0.379 e. The Kier molecular flexibility index (Phi) is 5.93. The molecule has 0 aromatic heterocycles. The highest BCUT2D eigenvalue weighted by Crippen LogP contribution is 2.42. The van der Waals surface area contributed by atoms with Crippen molar-refractivity contribution in [2.24, 2.45) is 5.92 Å². The minimum atomic E-state index is -0.355. The van der Waals surface area contributed by atoms with Crippen molar-refractivity contribution in [1.82, 2.24) is 4.90 Å². The van der Waals surface area contributed by atoms with Gasteiger partial charge in [0.2, 0.25) is 11.8 Å². The van der Waals surface area contributed by atoms with Crippen molar-refractivity contribution < 1.29 is 14.3 Å². The lowest BCUT2D eigenvalue weighted by Gasteiger charge is -2.27. The zero-order chi connectivity index (χ0) is 23.2. The predicted octanol–water partition coefficient (Wildman–Crippen LogP) is 3.85. The standard InChI is InChI=1S/C26H30ClN3O3/c1-26(2)17-30(23-7-6-18(12-22(23)26)15-28-8-10-33-11-9-28)25(32)19-13-24(31)29(16-19)21-5-3-4-20(27)14-21/h3-7,12,14,19H,8-11,13,15-17H2,1-2H3. The molecule has 3 aliphatic heterocycles. The first-order valence-electron chi connectivity index (χ1n) is 11.6. The van der Waals surface area contributed by atoms with Gasteiger partial charge >= 0.3 is 0 Å². The molecule has 1 atom stereocenters. The van der Waals surface area contributed by atoms with Gasteiger partial charge in [0.05, 0.1) is 19.1 Å². The van der Waals surface area contributed by atoms with Gasteiger partial charge in [-0.2, -0.15) is 0 Å². The summed E-state index contributed by atoms with van der Waals surface area (Å²) in [6, 6.07) is 13.7. The number of halogens is 1. The molecule has 2 saturated heterocycles. The van der Waals surface area contributed by atoms with E-state index in [0.29, 0.717) is 18.1 Å². The maximum Gasteiger partial charge on any atom is 0.232 e. The smallest absolute Gasteiger partial charge is 0.232 e. The summed E-state index contributed by atoms with van der Waals surface area (Å²) < 4.78 is 5.46. The number of carbonyl (C=O) groups is 2. The molecule has 0 saturated carbocycles. The topological polar surface area (TPSA) is 53.1 Å². The number of fused-ring (bicyclic) bond motifs is 1. The van der Waals surface area contributed by atoms with E-state index in [-0.39, 0.29) is 29.6 Å². The van der Waals surface area contributed by atoms with E-state index in [0.717, 1.165) is 44.2 Å². The summed E-state index contributed by atoms with van der Waals surface area (Å²) in [6.45, 7) is 9.76. The van der Waals surface area contributed by atoms with Crippen LogP contribution in [0.2, 0.25) is 5.02 Å². The third-order valence-corrected chi connectivity index (χ3v) is 7.24. The van der Waals surface area contributed by atoms with Crippen LogP contribution in [0, 0.1) is 5.92 Å². The molecule has 2 amide bonds. The molecule has 0 N–H and O–H groups in total. The summed E-state index contributed by atoms with van der Waals surface area (Å²) in [5.41, 5.74) is 4.06. The van der Waals surface area contributed by atoms with Crippen molar-refractivity contribution in [3.8, 4) is 0 Å². The van der Waals surface area contributed by atoms with Crippen molar-refractivity contribution in [2.75, 3.05) is 49.2 Å². The molecule has 5 rings (SSSR count). The number of morpholine rings is 1. The first-order chi connectivity index (χ1) is 15.8. The molecule has 174 valence electrons. The number of benzene rings is 2. The highest BCUT2D eigenvalue weighted by Gasteiger charge is 2.43. The number of nitrogens with zero attached hydrogens (tertiary/aromatic N) is 3. The van der Waals surface area contributed by atoms with Crippen LogP contribution in [0.1, 0.15) is 31.4 Å². The third-order valence-electron chi connectivity index (χ3n) is 7.00. The Morgan fingerprint density at radius 1 is 1.15 bits per heavy atom. The Morgan fingerprint density at radius 2 is 1.94 bits per heavy atom. The van der Waals surface area contributed by atoms with E-state index in [4.69, 9.17) is 16.3 Å². The summed E-state index contributed by atoms with van der Waals surface area (Å²) in [4.78, 5) is 32.3. The van der Waals surface area contributed by atoms with Gasteiger partial charge in [0, 0.05) is 61.0 Å². The second kappa shape index (κ2) is 8.75. The van der Waals surface area contributed by atoms with Crippen LogP contribution in [-0.2, 0) is 26.3 Å². The predicted molar refractivity (Wildman–Crippen MR) is 130 cm³/mol. The van der Waals surface area contributed by atoms with Crippen molar-refractivity contribution in [3.63, 3.8) is 0 Å². The lowest BCUT2D eigenvalue weighted by Crippen LogP contribution is -2.39. The average Bonchev–Trinajstić information content (AvgIpc) is 3.31. The van der Waals surface area contributed by atoms with Gasteiger partial charge in [0.25, 0.3) is 0 Å². The molecule has 2 fully saturated rings. The van der Waals surface area contributed by atoms with Crippen LogP contribution in [0.25, 0.3) is 0 Å². The molecule has 0 aliphatic carbocycles. The first-order valence-corrected chi connectivity index (χ1v) is 12.0. The minimum absolute atomic E-state index is 0.0284. The van der Waals surface area contributed by atoms with E-state index in [1.54, 1.807) is 17.0 Å². The first kappa shape index (κ1) is 22.4. The van der Waals surface area contributed by atoms with Gasteiger partial charge < -0.3 is 14.5 Å². The second-order valence-corrected chi connectivity index (χ2v) is 10.4. The Morgan fingerprint density at radius 3 is 2.70 bits per heavy atom. The molecule has 3 heterocycles. The monoisotopic (exact) mass is 467 g/mol. The summed E-state index contributed by atoms with van der Waals surface area (Å²) in [6.07, 6.45) is 0.229. The molecule has 0 bridgehead atoms. The largest absolute Gasteiger partial charge is 0.379 e. The molecule has 7 heteroatoms. The van der Waals surface area contributed by atoms with Gasteiger partial charge in [-0.15, -0.1) is 0 Å². The van der Waals surface area contributed by atoms with Crippen LogP contribution in [0.3, 0.4) is 0 Å². The Bertz CT molecular complexity index is 1080. The number of hydrogen-bond donors (Lipinski definition) is 0. The zero-order valence-electron chi connectivity index (χ0n) is 19.2. The van der Waals surface area contributed by atoms with Crippen molar-refractivity contribution in [1.29, 1.82) is 0 Å². The molecule has 2 aromatic rings. The molecule has 0 spiro atoms. The van der Waals surface area contributed by atoms with Crippen molar-refractivity contribution >= 4 is 34.8 Å². The van der Waals surface area contributed by atoms with Gasteiger partial charge in [-0.25, -0.2) is 0 Å². The Hall–Kier alpha value is -2.41. The molecule has 33 heavy (non-hydrogen) atoms. The fourth-order valence-corrected chi connectivity index (χ4v) is 5.41. The van der Waals surface area contributed by atoms with Gasteiger partial charge in [-0.05, 0) is 35.4 Å². The summed E-state index contributed by atoms with van der Waals surface area (Å²) in [5.74, 6) is -0.359. The van der Waals surface area contributed by atoms with E-state index in [9.17, 15) is 9.59 Å². The van der Waals surface area contributed by atoms with E-state index in [1.165, 1.54) is 11.1 Å². The Balaban J connectivity index is 1.34. The summed E-state index contributed by atoms with van der Waals surface area (Å²) in [7, 11) is 0. The lowest BCUT2D eigenvalue weighted by molar-refractivity contribution is -0.124. The van der Waals surface area contributed by atoms with Crippen LogP contribution < -0.4 is 9.80 Å². The highest BCUT2D eigenvalue weighted by molar-refractivity contribution is 6.31. The van der Waals surface area contributed by atoms with Crippen molar-refractivity contribution in [2.45, 2.75) is 32.2 Å². The van der Waals surface area contributed by atoms with Crippen LogP contribution in [0.5, 0.6) is 0 Å². The summed E-state index contributed by atoms with van der Waals surface area (Å²) >= 11 is 6.11. The van der Waals surface area contributed by atoms with Gasteiger partial charge in [-0.1, -0.05) is 43.6 Å². The molecule has 3 aliphatic rings. The summed E-state index contributed by atoms with van der Waals surface area (Å²) in [5, 5.41) is 0.582. The molecular formula is C26H30ClN3O3. The number of hydrogen-bond acceptors (Lipinski definition) is 4. The van der Waals surface area contributed by atoms with Gasteiger partial charge in [0.1, 0.15) is 0 Å². The normalized spacial score (nSPS) is 22.6. The van der Waals surface area contributed by atoms with Crippen LogP contribution in [-0.4, -0.2) is 56.1 Å². The molecule has 2 aromatic carbocycles. The molecule has 0 radical (unpaired) electrons. The maximum absolute atomic E-state index is 13.6. The average molecular weight is 468 g/mol. The van der Waals surface area contributed by atoms with E-state index >= 15 is 0 Å². The van der Waals surface area contributed by atoms with Crippen LogP contribution in [0.15, 0.2) is 42.5 Å². The number of ether oxygens (including phenoxy) is 1. The van der Waals surface area contributed by atoms with E-state index < -0.39 is 0 Å². The van der Waals surface area contributed by atoms with E-state index in [1.807, 2.05) is 17.0 Å². The zero-order valence-corrected chi connectivity index (χ0v) is 20.0. The van der Waals surface area contributed by atoms with Crippen LogP contribution >= 0.6 is 11.6 Å². The fourth-order valence-electron chi connectivity index (χ4n) is 5.23. The highest BCUT2D eigenvalue weighted by atomic mass is 35.5. The van der Waals surface area contributed by atoms with Gasteiger partial charge in [-0.3, -0.25) is 14.5 Å². The lowest BCUT2D eigenvalue weighted by atomic mass is 9.86. The second-order valence-electron chi connectivity index (χ2n) is 9.93. The molecule has 6 nitrogen and oxygen atoms in total. The molecule has 1 unspecified atom stereocenters. The maximum atomic E-state index is 13.6. The fraction of sp³-hybridized carbons (Fsp3) is 0.462. The third kappa shape index (κ3) is 4.39. The molecular weight excluding hydrogens is 438 g/mol. The van der Waals surface area contributed by atoms with Crippen molar-refractivity contribution in [3.05, 3.63) is 58.6 Å². The van der Waals surface area contributed by atoms with E-state index in [2.05, 4.69) is 36.9 Å². The van der Waals surface area contributed by atoms with Gasteiger partial charge in [0.15, 0.2) is 0 Å². The number of carbonyl (C=O) groups excluding carboxylic acids is 2.